The van der Waals surface area contributed by atoms with Gasteiger partial charge in [0, 0.05) is 30.8 Å². The normalized spacial score (nSPS) is 10.7. The van der Waals surface area contributed by atoms with E-state index < -0.39 is 0 Å². The highest BCUT2D eigenvalue weighted by atomic mass is 32.2. The van der Waals surface area contributed by atoms with E-state index in [1.54, 1.807) is 34.4 Å². The molecular weight excluding hydrogens is 368 g/mol. The van der Waals surface area contributed by atoms with E-state index in [9.17, 15) is 4.79 Å². The van der Waals surface area contributed by atoms with Gasteiger partial charge < -0.3 is 11.1 Å². The maximum absolute atomic E-state index is 12.9. The summed E-state index contributed by atoms with van der Waals surface area (Å²) in [5, 5.41) is 5.83. The number of nitrogens with zero attached hydrogens (tertiary/aromatic N) is 4. The second-order valence-corrected chi connectivity index (χ2v) is 7.44. The summed E-state index contributed by atoms with van der Waals surface area (Å²) in [6.45, 7) is 3.17. The second kappa shape index (κ2) is 8.40. The van der Waals surface area contributed by atoms with Gasteiger partial charge in [-0.2, -0.15) is 4.98 Å². The molecule has 9 heteroatoms. The summed E-state index contributed by atoms with van der Waals surface area (Å²) < 4.78 is 3.34. The maximum Gasteiger partial charge on any atom is 0.280 e. The Morgan fingerprint density at radius 2 is 2.27 bits per heavy atom. The number of hydrogen-bond acceptors (Lipinski definition) is 7. The first-order valence-electron chi connectivity index (χ1n) is 8.11. The van der Waals surface area contributed by atoms with E-state index in [0.717, 1.165) is 5.75 Å². The molecule has 0 aliphatic rings. The molecule has 26 heavy (non-hydrogen) atoms. The van der Waals surface area contributed by atoms with Crippen LogP contribution in [0.25, 0.3) is 11.2 Å². The molecule has 0 aliphatic heterocycles. The van der Waals surface area contributed by atoms with Crippen molar-refractivity contribution >= 4 is 40.2 Å². The molecule has 3 aromatic heterocycles. The van der Waals surface area contributed by atoms with Crippen molar-refractivity contribution in [3.8, 4) is 11.8 Å². The van der Waals surface area contributed by atoms with Crippen molar-refractivity contribution in [3.05, 3.63) is 32.7 Å². The standard InChI is InChI=1S/C17H20N6OS2/c1-3-4-9-23-13-14(20-16(23)19-8-7-18)21-17(22(2)15(13)24)26-11-12-6-5-10-25-12/h5-6,10H,7-9,11,18H2,1-2H3,(H,19,20). The fourth-order valence-electron chi connectivity index (χ4n) is 2.43. The van der Waals surface area contributed by atoms with Gasteiger partial charge in [-0.3, -0.25) is 13.9 Å². The molecule has 0 amide bonds. The Morgan fingerprint density at radius 1 is 1.42 bits per heavy atom. The van der Waals surface area contributed by atoms with E-state index in [0.29, 0.717) is 41.9 Å². The van der Waals surface area contributed by atoms with Crippen molar-refractivity contribution < 1.29 is 0 Å². The van der Waals surface area contributed by atoms with Crippen molar-refractivity contribution in [1.29, 1.82) is 0 Å². The molecule has 0 atom stereocenters. The minimum atomic E-state index is -0.130. The lowest BCUT2D eigenvalue weighted by atomic mass is 10.5. The van der Waals surface area contributed by atoms with E-state index in [2.05, 4.69) is 33.2 Å². The Kier molecular flexibility index (Phi) is 5.98. The molecule has 3 N–H and O–H groups in total. The van der Waals surface area contributed by atoms with Crippen LogP contribution < -0.4 is 16.6 Å². The third-order valence-corrected chi connectivity index (χ3v) is 5.85. The first-order valence-corrected chi connectivity index (χ1v) is 9.98. The van der Waals surface area contributed by atoms with Gasteiger partial charge in [0.25, 0.3) is 5.56 Å². The number of anilines is 1. The van der Waals surface area contributed by atoms with Crippen LogP contribution in [0.4, 0.5) is 5.95 Å². The van der Waals surface area contributed by atoms with Gasteiger partial charge >= 0.3 is 0 Å². The summed E-state index contributed by atoms with van der Waals surface area (Å²) in [7, 11) is 1.74. The highest BCUT2D eigenvalue weighted by Crippen LogP contribution is 2.24. The molecule has 3 aromatic rings. The van der Waals surface area contributed by atoms with E-state index in [4.69, 9.17) is 5.73 Å². The van der Waals surface area contributed by atoms with Gasteiger partial charge in [0.1, 0.15) is 0 Å². The lowest BCUT2D eigenvalue weighted by Crippen LogP contribution is -2.23. The van der Waals surface area contributed by atoms with Gasteiger partial charge in [-0.05, 0) is 18.4 Å². The highest BCUT2D eigenvalue weighted by molar-refractivity contribution is 7.98. The van der Waals surface area contributed by atoms with E-state index >= 15 is 0 Å². The molecule has 3 heterocycles. The zero-order valence-corrected chi connectivity index (χ0v) is 16.3. The summed E-state index contributed by atoms with van der Waals surface area (Å²) in [5.41, 5.74) is 6.33. The van der Waals surface area contributed by atoms with Gasteiger partial charge in [0.2, 0.25) is 5.95 Å². The third kappa shape index (κ3) is 3.77. The van der Waals surface area contributed by atoms with Crippen LogP contribution in [0, 0.1) is 11.8 Å². The van der Waals surface area contributed by atoms with Crippen molar-refractivity contribution in [2.75, 3.05) is 18.4 Å². The molecule has 0 fully saturated rings. The quantitative estimate of drug-likeness (QED) is 0.365. The van der Waals surface area contributed by atoms with Crippen LogP contribution in [0.3, 0.4) is 0 Å². The predicted octanol–water partition coefficient (Wildman–Crippen LogP) is 1.88. The number of rotatable bonds is 7. The molecule has 0 spiro atoms. The molecular formula is C17H20N6OS2. The van der Waals surface area contributed by atoms with Gasteiger partial charge in [0.15, 0.2) is 16.3 Å². The topological polar surface area (TPSA) is 90.8 Å². The smallest absolute Gasteiger partial charge is 0.280 e. The van der Waals surface area contributed by atoms with Gasteiger partial charge in [0.05, 0.1) is 6.54 Å². The van der Waals surface area contributed by atoms with Gasteiger partial charge in [-0.1, -0.05) is 23.7 Å². The van der Waals surface area contributed by atoms with Crippen LogP contribution in [0.1, 0.15) is 11.8 Å². The van der Waals surface area contributed by atoms with E-state index in [1.807, 2.05) is 11.4 Å². The Morgan fingerprint density at radius 3 is 2.96 bits per heavy atom. The average molecular weight is 389 g/mol. The van der Waals surface area contributed by atoms with E-state index in [-0.39, 0.29) is 5.56 Å². The van der Waals surface area contributed by atoms with Crippen LogP contribution in [-0.4, -0.2) is 32.2 Å². The maximum atomic E-state index is 12.9. The Bertz CT molecular complexity index is 1010. The summed E-state index contributed by atoms with van der Waals surface area (Å²) in [6.07, 6.45) is 0. The minimum Gasteiger partial charge on any atom is -0.354 e. The van der Waals surface area contributed by atoms with Crippen molar-refractivity contribution in [3.63, 3.8) is 0 Å². The second-order valence-electron chi connectivity index (χ2n) is 5.46. The number of imidazole rings is 1. The molecule has 0 bridgehead atoms. The Balaban J connectivity index is 2.03. The number of nitrogens with two attached hydrogens (primary N) is 1. The molecule has 0 saturated heterocycles. The fourth-order valence-corrected chi connectivity index (χ4v) is 4.16. The highest BCUT2D eigenvalue weighted by Gasteiger charge is 2.18. The van der Waals surface area contributed by atoms with Crippen LogP contribution in [-0.2, 0) is 19.3 Å². The summed E-state index contributed by atoms with van der Waals surface area (Å²) >= 11 is 3.22. The first kappa shape index (κ1) is 18.5. The number of hydrogen-bond donors (Lipinski definition) is 2. The lowest BCUT2D eigenvalue weighted by Gasteiger charge is -2.08. The molecule has 0 aromatic carbocycles. The van der Waals surface area contributed by atoms with Crippen LogP contribution >= 0.6 is 23.1 Å². The number of aromatic nitrogens is 4. The molecule has 136 valence electrons. The minimum absolute atomic E-state index is 0.130. The number of nitrogens with one attached hydrogen (secondary N) is 1. The van der Waals surface area contributed by atoms with Crippen molar-refractivity contribution in [2.24, 2.45) is 12.8 Å². The molecule has 0 radical (unpaired) electrons. The summed E-state index contributed by atoms with van der Waals surface area (Å²) in [4.78, 5) is 23.3. The summed E-state index contributed by atoms with van der Waals surface area (Å²) in [5.74, 6) is 7.17. The van der Waals surface area contributed by atoms with Crippen molar-refractivity contribution in [2.45, 2.75) is 24.4 Å². The molecule has 0 aliphatic carbocycles. The molecule has 3 rings (SSSR count). The van der Waals surface area contributed by atoms with Crippen LogP contribution in [0.5, 0.6) is 0 Å². The molecule has 7 nitrogen and oxygen atoms in total. The fraction of sp³-hybridized carbons (Fsp3) is 0.353. The van der Waals surface area contributed by atoms with Gasteiger partial charge in [-0.25, -0.2) is 4.98 Å². The van der Waals surface area contributed by atoms with Crippen molar-refractivity contribution in [1.82, 2.24) is 19.1 Å². The van der Waals surface area contributed by atoms with E-state index in [1.165, 1.54) is 16.6 Å². The molecule has 0 unspecified atom stereocenters. The Hall–Kier alpha value is -2.28. The monoisotopic (exact) mass is 388 g/mol. The first-order chi connectivity index (χ1) is 12.7. The number of thiophene rings is 1. The SMILES string of the molecule is CC#CCn1c(NCCN)nc2nc(SCc3cccs3)n(C)c(=O)c21. The molecule has 0 saturated carbocycles. The number of thioether (sulfide) groups is 1. The predicted molar refractivity (Wildman–Crippen MR) is 108 cm³/mol. The third-order valence-electron chi connectivity index (χ3n) is 3.71. The van der Waals surface area contributed by atoms with Gasteiger partial charge in [-0.15, -0.1) is 17.3 Å². The number of fused-ring (bicyclic) bond motifs is 1. The average Bonchev–Trinajstić information content (AvgIpc) is 3.27. The Labute approximate surface area is 159 Å². The lowest BCUT2D eigenvalue weighted by molar-refractivity contribution is 0.716. The summed E-state index contributed by atoms with van der Waals surface area (Å²) in [6, 6.07) is 4.09. The van der Waals surface area contributed by atoms with Crippen LogP contribution in [0.15, 0.2) is 27.5 Å². The van der Waals surface area contributed by atoms with Crippen LogP contribution in [0.2, 0.25) is 0 Å². The zero-order chi connectivity index (χ0) is 18.5. The zero-order valence-electron chi connectivity index (χ0n) is 14.7. The largest absolute Gasteiger partial charge is 0.354 e.